The number of nitrogens with one attached hydrogen (secondary N) is 1. The number of Topliss-reactive ketones (excluding diaryl/α,β-unsaturated/α-hetero) is 1. The molecular formula is C7H11NO5S. The van der Waals surface area contributed by atoms with Crippen LogP contribution in [0.2, 0.25) is 0 Å². The van der Waals surface area contributed by atoms with E-state index in [1.54, 1.807) is 5.48 Å². The Morgan fingerprint density at radius 3 is 2.07 bits per heavy atom. The van der Waals surface area contributed by atoms with E-state index in [1.807, 2.05) is 0 Å². The van der Waals surface area contributed by atoms with Crippen molar-refractivity contribution in [1.29, 1.82) is 0 Å². The van der Waals surface area contributed by atoms with Crippen LogP contribution in [0.5, 0.6) is 0 Å². The summed E-state index contributed by atoms with van der Waals surface area (Å²) >= 11 is -2.57. The van der Waals surface area contributed by atoms with Gasteiger partial charge in [-0.1, -0.05) is 0 Å². The number of hydrogen-bond donors (Lipinski definition) is 2. The van der Waals surface area contributed by atoms with Gasteiger partial charge in [-0.05, 0) is 20.8 Å². The number of rotatable bonds is 4. The Balaban J connectivity index is 4.47. The highest BCUT2D eigenvalue weighted by Gasteiger charge is 2.11. The molecule has 0 aliphatic rings. The van der Waals surface area contributed by atoms with Crippen LogP contribution in [0, 0.1) is 0 Å². The lowest BCUT2D eigenvalue weighted by Gasteiger charge is -2.04. The summed E-state index contributed by atoms with van der Waals surface area (Å²) in [6.07, 6.45) is 0. The maximum atomic E-state index is 11.1. The van der Waals surface area contributed by atoms with E-state index in [2.05, 4.69) is 4.28 Å². The third-order valence-electron chi connectivity index (χ3n) is 1.64. The van der Waals surface area contributed by atoms with Gasteiger partial charge in [0, 0.05) is 11.1 Å². The summed E-state index contributed by atoms with van der Waals surface area (Å²) in [5.41, 5.74) is 2.13. The van der Waals surface area contributed by atoms with Crippen LogP contribution in [0.3, 0.4) is 0 Å². The monoisotopic (exact) mass is 221 g/mol. The summed E-state index contributed by atoms with van der Waals surface area (Å²) in [5, 5.41) is 0. The van der Waals surface area contributed by atoms with Crippen molar-refractivity contribution >= 4 is 23.1 Å². The first kappa shape index (κ1) is 12.9. The van der Waals surface area contributed by atoms with E-state index in [9.17, 15) is 13.8 Å². The topological polar surface area (TPSA) is 92.7 Å². The van der Waals surface area contributed by atoms with Crippen molar-refractivity contribution in [3.8, 4) is 0 Å². The van der Waals surface area contributed by atoms with Crippen LogP contribution in [0.4, 0.5) is 0 Å². The van der Waals surface area contributed by atoms with Gasteiger partial charge in [-0.15, -0.1) is 4.28 Å². The molecule has 2 N–H and O–H groups in total. The maximum absolute atomic E-state index is 11.1. The van der Waals surface area contributed by atoms with E-state index in [1.165, 1.54) is 20.8 Å². The van der Waals surface area contributed by atoms with Crippen molar-refractivity contribution in [3.05, 3.63) is 11.1 Å². The number of carbonyl (C=O) groups excluding carboxylic acids is 2. The average Bonchev–Trinajstić information content (AvgIpc) is 2.11. The zero-order valence-electron chi connectivity index (χ0n) is 7.99. The number of allylic oxidation sites excluding steroid dienone is 1. The molecule has 14 heavy (non-hydrogen) atoms. The van der Waals surface area contributed by atoms with Crippen LogP contribution in [0.25, 0.3) is 0 Å². The molecule has 0 aromatic carbocycles. The van der Waals surface area contributed by atoms with Gasteiger partial charge >= 0.3 is 11.4 Å². The second kappa shape index (κ2) is 5.63. The summed E-state index contributed by atoms with van der Waals surface area (Å²) in [6.45, 7) is 4.21. The molecule has 0 aromatic heterocycles. The smallest absolute Gasteiger partial charge is 0.295 e. The Morgan fingerprint density at radius 2 is 1.71 bits per heavy atom. The molecule has 0 radical (unpaired) electrons. The third-order valence-corrected chi connectivity index (χ3v) is 1.86. The first-order valence-electron chi connectivity index (χ1n) is 3.63. The van der Waals surface area contributed by atoms with E-state index in [4.69, 9.17) is 4.55 Å². The molecule has 0 saturated carbocycles. The summed E-state index contributed by atoms with van der Waals surface area (Å²) < 4.78 is 22.1. The first-order valence-corrected chi connectivity index (χ1v) is 4.66. The zero-order valence-corrected chi connectivity index (χ0v) is 8.80. The predicted molar refractivity (Wildman–Crippen MR) is 49.1 cm³/mol. The van der Waals surface area contributed by atoms with Crippen LogP contribution in [-0.4, -0.2) is 20.5 Å². The first-order chi connectivity index (χ1) is 6.36. The van der Waals surface area contributed by atoms with Crippen molar-refractivity contribution < 1.29 is 22.6 Å². The van der Waals surface area contributed by atoms with Gasteiger partial charge in [-0.2, -0.15) is 4.21 Å². The van der Waals surface area contributed by atoms with Gasteiger partial charge in [0.25, 0.3) is 5.91 Å². The standard InChI is InChI=1S/C7H11NO5S/c1-4(6(3)9)5(2)7(10)8-13-14(11)12/h1-3H3,(H,8,10)(H,11,12). The Hall–Kier alpha value is -1.05. The molecule has 1 atom stereocenters. The van der Waals surface area contributed by atoms with E-state index < -0.39 is 17.3 Å². The molecule has 7 heteroatoms. The van der Waals surface area contributed by atoms with Crippen molar-refractivity contribution in [2.75, 3.05) is 0 Å². The fourth-order valence-corrected chi connectivity index (χ4v) is 0.731. The Kier molecular flexibility index (Phi) is 5.21. The van der Waals surface area contributed by atoms with Gasteiger partial charge in [0.15, 0.2) is 5.78 Å². The van der Waals surface area contributed by atoms with Crippen LogP contribution >= 0.6 is 0 Å². The number of ketones is 1. The lowest BCUT2D eigenvalue weighted by Crippen LogP contribution is -2.26. The fraction of sp³-hybridized carbons (Fsp3) is 0.429. The highest BCUT2D eigenvalue weighted by molar-refractivity contribution is 7.74. The molecule has 0 heterocycles. The number of hydroxylamine groups is 1. The Labute approximate surface area is 83.8 Å². The van der Waals surface area contributed by atoms with Crippen molar-refractivity contribution in [2.45, 2.75) is 20.8 Å². The SMILES string of the molecule is CC(=O)C(C)=C(C)C(=O)NOS(=O)O. The quantitative estimate of drug-likeness (QED) is 0.399. The van der Waals surface area contributed by atoms with Crippen molar-refractivity contribution in [3.63, 3.8) is 0 Å². The largest absolute Gasteiger partial charge is 0.324 e. The molecule has 0 spiro atoms. The second-order valence-electron chi connectivity index (χ2n) is 2.54. The minimum atomic E-state index is -2.57. The molecule has 1 unspecified atom stereocenters. The van der Waals surface area contributed by atoms with Gasteiger partial charge in [-0.3, -0.25) is 14.1 Å². The number of carbonyl (C=O) groups is 2. The van der Waals surface area contributed by atoms with Crippen LogP contribution in [0.1, 0.15) is 20.8 Å². The second-order valence-corrected chi connectivity index (χ2v) is 3.14. The molecule has 0 aliphatic heterocycles. The molecular weight excluding hydrogens is 210 g/mol. The van der Waals surface area contributed by atoms with Crippen LogP contribution in [-0.2, 0) is 25.2 Å². The molecule has 0 saturated heterocycles. The normalized spacial score (nSPS) is 14.3. The highest BCUT2D eigenvalue weighted by atomic mass is 32.2. The minimum Gasteiger partial charge on any atom is -0.295 e. The van der Waals surface area contributed by atoms with Gasteiger partial charge in [0.1, 0.15) is 0 Å². The summed E-state index contributed by atoms with van der Waals surface area (Å²) in [7, 11) is 0. The molecule has 0 aromatic rings. The maximum Gasteiger partial charge on any atom is 0.324 e. The van der Waals surface area contributed by atoms with E-state index in [-0.39, 0.29) is 16.9 Å². The lowest BCUT2D eigenvalue weighted by molar-refractivity contribution is -0.124. The minimum absolute atomic E-state index is 0.142. The van der Waals surface area contributed by atoms with E-state index in [0.29, 0.717) is 0 Å². The highest BCUT2D eigenvalue weighted by Crippen LogP contribution is 2.04. The summed E-state index contributed by atoms with van der Waals surface area (Å²) in [6, 6.07) is 0. The Morgan fingerprint density at radius 1 is 1.21 bits per heavy atom. The van der Waals surface area contributed by atoms with Crippen molar-refractivity contribution in [1.82, 2.24) is 5.48 Å². The van der Waals surface area contributed by atoms with E-state index >= 15 is 0 Å². The average molecular weight is 221 g/mol. The number of amides is 1. The van der Waals surface area contributed by atoms with Gasteiger partial charge in [-0.25, -0.2) is 5.48 Å². The third kappa shape index (κ3) is 4.26. The predicted octanol–water partition coefficient (Wildman–Crippen LogP) is 0.0963. The molecule has 1 amide bonds. The van der Waals surface area contributed by atoms with Crippen LogP contribution in [0.15, 0.2) is 11.1 Å². The molecule has 0 fully saturated rings. The van der Waals surface area contributed by atoms with Crippen molar-refractivity contribution in [2.24, 2.45) is 0 Å². The van der Waals surface area contributed by atoms with Gasteiger partial charge < -0.3 is 0 Å². The summed E-state index contributed by atoms with van der Waals surface area (Å²) in [4.78, 5) is 21.9. The zero-order chi connectivity index (χ0) is 11.3. The lowest BCUT2D eigenvalue weighted by atomic mass is 10.1. The van der Waals surface area contributed by atoms with Gasteiger partial charge in [0.2, 0.25) is 0 Å². The van der Waals surface area contributed by atoms with Gasteiger partial charge in [0.05, 0.1) is 0 Å². The molecule has 0 bridgehead atoms. The molecule has 80 valence electrons. The number of hydrogen-bond acceptors (Lipinski definition) is 4. The summed E-state index contributed by atoms with van der Waals surface area (Å²) in [5.74, 6) is -0.970. The molecule has 0 aliphatic carbocycles. The van der Waals surface area contributed by atoms with Crippen LogP contribution < -0.4 is 5.48 Å². The molecule has 0 rings (SSSR count). The fourth-order valence-electron chi connectivity index (χ4n) is 0.584. The van der Waals surface area contributed by atoms with E-state index in [0.717, 1.165) is 0 Å². The Bertz CT molecular complexity index is 309. The molecule has 6 nitrogen and oxygen atoms in total.